The molecule has 0 spiro atoms. The van der Waals surface area contributed by atoms with E-state index in [-0.39, 0.29) is 0 Å². The van der Waals surface area contributed by atoms with Crippen molar-refractivity contribution in [2.24, 2.45) is 5.84 Å². The standard InChI is InChI=1S/C11H22N6O/c1-4-7-17(6-3)10-13-9(16-12)14-11(15-10)18-8-5-2/h4-8,12H2,1-3H3,(H,13,14,15,16). The van der Waals surface area contributed by atoms with Gasteiger partial charge in [0.05, 0.1) is 6.61 Å². The smallest absolute Gasteiger partial charge is 0.323 e. The van der Waals surface area contributed by atoms with Crippen molar-refractivity contribution in [3.63, 3.8) is 0 Å². The van der Waals surface area contributed by atoms with Crippen LogP contribution in [0.15, 0.2) is 0 Å². The molecule has 102 valence electrons. The van der Waals surface area contributed by atoms with Gasteiger partial charge in [-0.3, -0.25) is 5.43 Å². The Morgan fingerprint density at radius 3 is 2.50 bits per heavy atom. The van der Waals surface area contributed by atoms with Crippen LogP contribution in [0.1, 0.15) is 33.6 Å². The number of nitrogens with two attached hydrogens (primary N) is 1. The number of nitrogens with zero attached hydrogens (tertiary/aromatic N) is 4. The summed E-state index contributed by atoms with van der Waals surface area (Å²) in [6.45, 7) is 8.49. The Morgan fingerprint density at radius 2 is 1.94 bits per heavy atom. The zero-order valence-corrected chi connectivity index (χ0v) is 11.3. The second-order valence-electron chi connectivity index (χ2n) is 3.81. The Kier molecular flexibility index (Phi) is 6.13. The molecule has 0 amide bonds. The molecule has 0 aromatic carbocycles. The lowest BCUT2D eigenvalue weighted by molar-refractivity contribution is 0.292. The highest BCUT2D eigenvalue weighted by Gasteiger charge is 2.11. The molecule has 3 N–H and O–H groups in total. The Balaban J connectivity index is 2.94. The molecule has 0 aliphatic heterocycles. The van der Waals surface area contributed by atoms with Crippen LogP contribution in [0.25, 0.3) is 0 Å². The number of hydrogen-bond donors (Lipinski definition) is 2. The molecule has 18 heavy (non-hydrogen) atoms. The monoisotopic (exact) mass is 254 g/mol. The van der Waals surface area contributed by atoms with Gasteiger partial charge in [0.1, 0.15) is 0 Å². The van der Waals surface area contributed by atoms with E-state index in [2.05, 4.69) is 39.1 Å². The lowest BCUT2D eigenvalue weighted by Gasteiger charge is -2.20. The molecule has 1 heterocycles. The highest BCUT2D eigenvalue weighted by molar-refractivity contribution is 5.37. The van der Waals surface area contributed by atoms with Crippen molar-refractivity contribution >= 4 is 11.9 Å². The van der Waals surface area contributed by atoms with Gasteiger partial charge in [-0.2, -0.15) is 15.0 Å². The summed E-state index contributed by atoms with van der Waals surface area (Å²) in [6.07, 6.45) is 1.93. The minimum absolute atomic E-state index is 0.310. The van der Waals surface area contributed by atoms with E-state index in [0.29, 0.717) is 24.5 Å². The number of nitrogen functional groups attached to an aromatic ring is 1. The van der Waals surface area contributed by atoms with Gasteiger partial charge in [-0.15, -0.1) is 0 Å². The third-order valence-electron chi connectivity index (χ3n) is 2.33. The molecular weight excluding hydrogens is 232 g/mol. The van der Waals surface area contributed by atoms with Gasteiger partial charge < -0.3 is 9.64 Å². The Morgan fingerprint density at radius 1 is 1.17 bits per heavy atom. The van der Waals surface area contributed by atoms with Crippen LogP contribution in [0.5, 0.6) is 6.01 Å². The van der Waals surface area contributed by atoms with Gasteiger partial charge in [0.15, 0.2) is 0 Å². The first-order chi connectivity index (χ1) is 8.74. The van der Waals surface area contributed by atoms with Gasteiger partial charge in [-0.1, -0.05) is 13.8 Å². The molecule has 0 radical (unpaired) electrons. The number of anilines is 2. The van der Waals surface area contributed by atoms with E-state index in [9.17, 15) is 0 Å². The summed E-state index contributed by atoms with van der Waals surface area (Å²) in [5.74, 6) is 6.27. The normalized spacial score (nSPS) is 10.2. The van der Waals surface area contributed by atoms with Gasteiger partial charge in [0, 0.05) is 13.1 Å². The molecule has 1 aromatic heterocycles. The number of hydrazine groups is 1. The van der Waals surface area contributed by atoms with Crippen LogP contribution >= 0.6 is 0 Å². The first-order valence-corrected chi connectivity index (χ1v) is 6.35. The van der Waals surface area contributed by atoms with Crippen molar-refractivity contribution in [1.82, 2.24) is 15.0 Å². The minimum atomic E-state index is 0.310. The molecule has 7 nitrogen and oxygen atoms in total. The predicted octanol–water partition coefficient (Wildman–Crippen LogP) is 1.18. The Labute approximate surface area is 108 Å². The van der Waals surface area contributed by atoms with Crippen molar-refractivity contribution in [2.45, 2.75) is 33.6 Å². The summed E-state index contributed by atoms with van der Waals surface area (Å²) < 4.78 is 5.43. The Hall–Kier alpha value is -1.63. The molecule has 1 rings (SSSR count). The molecular formula is C11H22N6O. The van der Waals surface area contributed by atoms with Crippen LogP contribution in [0.2, 0.25) is 0 Å². The average molecular weight is 254 g/mol. The van der Waals surface area contributed by atoms with Crippen LogP contribution < -0.4 is 20.9 Å². The number of rotatable bonds is 8. The van der Waals surface area contributed by atoms with Gasteiger partial charge in [0.2, 0.25) is 11.9 Å². The number of aromatic nitrogens is 3. The highest BCUT2D eigenvalue weighted by atomic mass is 16.5. The fourth-order valence-corrected chi connectivity index (χ4v) is 1.48. The van der Waals surface area contributed by atoms with Crippen molar-refractivity contribution in [1.29, 1.82) is 0 Å². The molecule has 0 atom stereocenters. The highest BCUT2D eigenvalue weighted by Crippen LogP contribution is 2.14. The van der Waals surface area contributed by atoms with E-state index in [1.165, 1.54) is 0 Å². The van der Waals surface area contributed by atoms with E-state index < -0.39 is 0 Å². The first-order valence-electron chi connectivity index (χ1n) is 6.35. The van der Waals surface area contributed by atoms with Crippen molar-refractivity contribution in [3.8, 4) is 6.01 Å². The fourth-order valence-electron chi connectivity index (χ4n) is 1.48. The number of ether oxygens (including phenoxy) is 1. The van der Waals surface area contributed by atoms with E-state index in [4.69, 9.17) is 10.6 Å². The van der Waals surface area contributed by atoms with Crippen LogP contribution in [0.4, 0.5) is 11.9 Å². The molecule has 0 saturated heterocycles. The third-order valence-corrected chi connectivity index (χ3v) is 2.33. The topological polar surface area (TPSA) is 89.2 Å². The van der Waals surface area contributed by atoms with Crippen molar-refractivity contribution < 1.29 is 4.74 Å². The zero-order valence-electron chi connectivity index (χ0n) is 11.3. The zero-order chi connectivity index (χ0) is 13.4. The van der Waals surface area contributed by atoms with E-state index >= 15 is 0 Å². The second kappa shape index (κ2) is 7.65. The van der Waals surface area contributed by atoms with Crippen LogP contribution in [-0.2, 0) is 0 Å². The fraction of sp³-hybridized carbons (Fsp3) is 0.727. The molecule has 0 bridgehead atoms. The molecule has 1 aromatic rings. The maximum Gasteiger partial charge on any atom is 0.323 e. The summed E-state index contributed by atoms with van der Waals surface area (Å²) in [5, 5.41) is 0. The molecule has 0 aliphatic rings. The summed E-state index contributed by atoms with van der Waals surface area (Å²) in [5.41, 5.74) is 2.44. The number of nitrogens with one attached hydrogen (secondary N) is 1. The Bertz CT molecular complexity index is 359. The van der Waals surface area contributed by atoms with Crippen LogP contribution in [0.3, 0.4) is 0 Å². The first kappa shape index (κ1) is 14.4. The molecule has 0 aliphatic carbocycles. The van der Waals surface area contributed by atoms with E-state index in [0.717, 1.165) is 25.9 Å². The van der Waals surface area contributed by atoms with Crippen molar-refractivity contribution in [3.05, 3.63) is 0 Å². The summed E-state index contributed by atoms with van der Waals surface area (Å²) >= 11 is 0. The largest absolute Gasteiger partial charge is 0.463 e. The SMILES string of the molecule is CCCOc1nc(NN)nc(N(CC)CCC)n1. The van der Waals surface area contributed by atoms with Crippen LogP contribution in [-0.4, -0.2) is 34.6 Å². The lowest BCUT2D eigenvalue weighted by atomic mass is 10.4. The summed E-state index contributed by atoms with van der Waals surface area (Å²) in [6, 6.07) is 0.310. The maximum atomic E-state index is 5.43. The van der Waals surface area contributed by atoms with Gasteiger partial charge in [-0.05, 0) is 19.8 Å². The molecule has 7 heteroatoms. The predicted molar refractivity (Wildman–Crippen MR) is 71.6 cm³/mol. The second-order valence-corrected chi connectivity index (χ2v) is 3.81. The van der Waals surface area contributed by atoms with Crippen molar-refractivity contribution in [2.75, 3.05) is 30.0 Å². The van der Waals surface area contributed by atoms with Crippen LogP contribution in [0, 0.1) is 0 Å². The third kappa shape index (κ3) is 3.99. The summed E-state index contributed by atoms with van der Waals surface area (Å²) in [7, 11) is 0. The maximum absolute atomic E-state index is 5.43. The molecule has 0 fully saturated rings. The van der Waals surface area contributed by atoms with Gasteiger partial charge >= 0.3 is 6.01 Å². The molecule has 0 unspecified atom stereocenters. The quantitative estimate of drug-likeness (QED) is 0.532. The molecule has 0 saturated carbocycles. The average Bonchev–Trinajstić information content (AvgIpc) is 2.42. The van der Waals surface area contributed by atoms with Gasteiger partial charge in [-0.25, -0.2) is 5.84 Å². The lowest BCUT2D eigenvalue weighted by Crippen LogP contribution is -2.27. The number of hydrogen-bond acceptors (Lipinski definition) is 7. The minimum Gasteiger partial charge on any atom is -0.463 e. The summed E-state index contributed by atoms with van der Waals surface area (Å²) in [4.78, 5) is 14.6. The van der Waals surface area contributed by atoms with Gasteiger partial charge in [0.25, 0.3) is 0 Å². The van der Waals surface area contributed by atoms with E-state index in [1.807, 2.05) is 6.92 Å². The van der Waals surface area contributed by atoms with E-state index in [1.54, 1.807) is 0 Å².